The van der Waals surface area contributed by atoms with Crippen LogP contribution in [0.5, 0.6) is 0 Å². The summed E-state index contributed by atoms with van der Waals surface area (Å²) in [5.74, 6) is 1.37. The van der Waals surface area contributed by atoms with E-state index in [0.29, 0.717) is 12.3 Å². The van der Waals surface area contributed by atoms with Gasteiger partial charge in [0.1, 0.15) is 5.76 Å². The van der Waals surface area contributed by atoms with E-state index in [1.807, 2.05) is 20.8 Å². The lowest BCUT2D eigenvalue weighted by atomic mass is 9.95. The van der Waals surface area contributed by atoms with Gasteiger partial charge in [0, 0.05) is 34.7 Å². The van der Waals surface area contributed by atoms with Crippen LogP contribution < -0.4 is 10.6 Å². The number of carbonyl (C=O) groups excluding carboxylic acids is 1. The Morgan fingerprint density at radius 1 is 1.36 bits per heavy atom. The van der Waals surface area contributed by atoms with Gasteiger partial charge >= 0.3 is 6.03 Å². The third-order valence-electron chi connectivity index (χ3n) is 4.25. The van der Waals surface area contributed by atoms with E-state index in [4.69, 9.17) is 4.52 Å². The second-order valence-corrected chi connectivity index (χ2v) is 7.67. The highest BCUT2D eigenvalue weighted by Crippen LogP contribution is 2.23. The number of amides is 2. The first-order valence-corrected chi connectivity index (χ1v) is 9.24. The van der Waals surface area contributed by atoms with Crippen molar-refractivity contribution in [3.8, 4) is 0 Å². The Labute approximate surface area is 133 Å². The van der Waals surface area contributed by atoms with Gasteiger partial charge in [0.15, 0.2) is 0 Å². The zero-order valence-corrected chi connectivity index (χ0v) is 14.3. The Kier molecular flexibility index (Phi) is 5.99. The molecule has 3 unspecified atom stereocenters. The third kappa shape index (κ3) is 4.09. The molecule has 1 aliphatic carbocycles. The fraction of sp³-hybridized carbons (Fsp3) is 0.733. The van der Waals surface area contributed by atoms with Crippen LogP contribution in [0.1, 0.15) is 49.6 Å². The van der Waals surface area contributed by atoms with Gasteiger partial charge in [0.05, 0.1) is 10.9 Å². The van der Waals surface area contributed by atoms with E-state index in [1.54, 1.807) is 0 Å². The minimum atomic E-state index is -0.868. The Morgan fingerprint density at radius 2 is 2.09 bits per heavy atom. The summed E-state index contributed by atoms with van der Waals surface area (Å²) in [7, 11) is -0.868. The van der Waals surface area contributed by atoms with Crippen molar-refractivity contribution >= 4 is 16.8 Å². The van der Waals surface area contributed by atoms with Gasteiger partial charge in [-0.2, -0.15) is 0 Å². The van der Waals surface area contributed by atoms with E-state index in [9.17, 15) is 9.00 Å². The van der Waals surface area contributed by atoms with Gasteiger partial charge < -0.3 is 15.2 Å². The second-order valence-electron chi connectivity index (χ2n) is 5.73. The topological polar surface area (TPSA) is 84.2 Å². The molecule has 0 saturated heterocycles. The van der Waals surface area contributed by atoms with Gasteiger partial charge in [-0.25, -0.2) is 4.79 Å². The first-order valence-electron chi connectivity index (χ1n) is 7.86. The maximum absolute atomic E-state index is 12.1. The van der Waals surface area contributed by atoms with Crippen LogP contribution >= 0.6 is 0 Å². The fourth-order valence-corrected chi connectivity index (χ4v) is 4.36. The standard InChI is InChI=1S/C15H25N3O3S/c1-4-22(20)14-8-6-5-7-13(14)17-15(19)16-9-12-10(2)18-21-11(12)3/h13-14H,4-9H2,1-3H3,(H2,16,17,19). The van der Waals surface area contributed by atoms with Crippen molar-refractivity contribution < 1.29 is 13.5 Å². The van der Waals surface area contributed by atoms with E-state index in [0.717, 1.165) is 42.7 Å². The van der Waals surface area contributed by atoms with Crippen LogP contribution in [0.2, 0.25) is 0 Å². The van der Waals surface area contributed by atoms with Crippen molar-refractivity contribution in [3.05, 3.63) is 17.0 Å². The second kappa shape index (κ2) is 7.76. The highest BCUT2D eigenvalue weighted by molar-refractivity contribution is 7.85. The first-order chi connectivity index (χ1) is 10.5. The molecule has 22 heavy (non-hydrogen) atoms. The Morgan fingerprint density at radius 3 is 2.73 bits per heavy atom. The van der Waals surface area contributed by atoms with E-state index in [1.165, 1.54) is 0 Å². The highest BCUT2D eigenvalue weighted by atomic mass is 32.2. The Balaban J connectivity index is 1.89. The average molecular weight is 327 g/mol. The lowest BCUT2D eigenvalue weighted by molar-refractivity contribution is 0.232. The van der Waals surface area contributed by atoms with Gasteiger partial charge in [-0.1, -0.05) is 24.9 Å². The molecule has 3 atom stereocenters. The predicted octanol–water partition coefficient (Wildman–Crippen LogP) is 2.17. The molecule has 2 rings (SSSR count). The third-order valence-corrected chi connectivity index (χ3v) is 6.06. The van der Waals surface area contributed by atoms with Crippen LogP contribution in [0.15, 0.2) is 4.52 Å². The van der Waals surface area contributed by atoms with Gasteiger partial charge in [-0.3, -0.25) is 4.21 Å². The summed E-state index contributed by atoms with van der Waals surface area (Å²) in [6, 6.07) is -0.218. The molecule has 0 aliphatic heterocycles. The molecule has 1 aliphatic rings. The summed E-state index contributed by atoms with van der Waals surface area (Å²) in [5, 5.41) is 9.78. The molecule has 1 aromatic rings. The maximum Gasteiger partial charge on any atom is 0.315 e. The zero-order valence-electron chi connectivity index (χ0n) is 13.5. The first kappa shape index (κ1) is 17.0. The van der Waals surface area contributed by atoms with Crippen molar-refractivity contribution in [3.63, 3.8) is 0 Å². The number of urea groups is 1. The number of aromatic nitrogens is 1. The minimum absolute atomic E-state index is 0.000739. The normalized spacial score (nSPS) is 23.0. The van der Waals surface area contributed by atoms with Gasteiger partial charge in [0.25, 0.3) is 0 Å². The maximum atomic E-state index is 12.1. The van der Waals surface area contributed by atoms with E-state index >= 15 is 0 Å². The zero-order chi connectivity index (χ0) is 16.1. The minimum Gasteiger partial charge on any atom is -0.361 e. The molecule has 124 valence electrons. The number of nitrogens with one attached hydrogen (secondary N) is 2. The summed E-state index contributed by atoms with van der Waals surface area (Å²) in [6.07, 6.45) is 3.99. The Bertz CT molecular complexity index is 525. The smallest absolute Gasteiger partial charge is 0.315 e. The molecule has 0 radical (unpaired) electrons. The molecule has 2 N–H and O–H groups in total. The van der Waals surface area contributed by atoms with Gasteiger partial charge in [-0.15, -0.1) is 0 Å². The monoisotopic (exact) mass is 327 g/mol. The number of rotatable bonds is 5. The summed E-state index contributed by atoms with van der Waals surface area (Å²) in [6.45, 7) is 6.00. The Hall–Kier alpha value is -1.37. The predicted molar refractivity (Wildman–Crippen MR) is 86.1 cm³/mol. The molecule has 1 heterocycles. The molecule has 1 saturated carbocycles. The van der Waals surface area contributed by atoms with Crippen LogP contribution in [-0.4, -0.2) is 32.4 Å². The number of carbonyl (C=O) groups is 1. The molecule has 0 bridgehead atoms. The molecular formula is C15H25N3O3S. The largest absolute Gasteiger partial charge is 0.361 e. The van der Waals surface area contributed by atoms with Crippen LogP contribution in [0.25, 0.3) is 0 Å². The number of hydrogen-bond acceptors (Lipinski definition) is 4. The van der Waals surface area contributed by atoms with E-state index < -0.39 is 10.8 Å². The van der Waals surface area contributed by atoms with Crippen LogP contribution in [-0.2, 0) is 17.3 Å². The fourth-order valence-electron chi connectivity index (χ4n) is 2.93. The summed E-state index contributed by atoms with van der Waals surface area (Å²) < 4.78 is 17.2. The summed E-state index contributed by atoms with van der Waals surface area (Å²) in [5.41, 5.74) is 1.70. The molecule has 0 aromatic carbocycles. The lowest BCUT2D eigenvalue weighted by Gasteiger charge is -2.31. The van der Waals surface area contributed by atoms with Crippen molar-refractivity contribution in [1.82, 2.24) is 15.8 Å². The van der Waals surface area contributed by atoms with Crippen molar-refractivity contribution in [2.45, 2.75) is 64.3 Å². The van der Waals surface area contributed by atoms with Gasteiger partial charge in [-0.05, 0) is 26.7 Å². The quantitative estimate of drug-likeness (QED) is 0.868. The van der Waals surface area contributed by atoms with Crippen LogP contribution in [0, 0.1) is 13.8 Å². The summed E-state index contributed by atoms with van der Waals surface area (Å²) in [4.78, 5) is 12.1. The molecule has 1 aromatic heterocycles. The number of aryl methyl sites for hydroxylation is 2. The van der Waals surface area contributed by atoms with E-state index in [-0.39, 0.29) is 17.3 Å². The van der Waals surface area contributed by atoms with Crippen molar-refractivity contribution in [2.75, 3.05) is 5.75 Å². The number of nitrogens with zero attached hydrogens (tertiary/aromatic N) is 1. The summed E-state index contributed by atoms with van der Waals surface area (Å²) >= 11 is 0. The molecule has 0 spiro atoms. The van der Waals surface area contributed by atoms with Crippen molar-refractivity contribution in [1.29, 1.82) is 0 Å². The SMILES string of the molecule is CCS(=O)C1CCCCC1NC(=O)NCc1c(C)noc1C. The molecular weight excluding hydrogens is 302 g/mol. The van der Waals surface area contributed by atoms with Gasteiger partial charge in [0.2, 0.25) is 0 Å². The molecule has 7 heteroatoms. The lowest BCUT2D eigenvalue weighted by Crippen LogP contribution is -2.50. The van der Waals surface area contributed by atoms with Crippen LogP contribution in [0.3, 0.4) is 0 Å². The van der Waals surface area contributed by atoms with Crippen LogP contribution in [0.4, 0.5) is 4.79 Å². The number of hydrogen-bond donors (Lipinski definition) is 2. The molecule has 6 nitrogen and oxygen atoms in total. The van der Waals surface area contributed by atoms with E-state index in [2.05, 4.69) is 15.8 Å². The highest BCUT2D eigenvalue weighted by Gasteiger charge is 2.30. The molecule has 2 amide bonds. The molecule has 1 fully saturated rings. The average Bonchev–Trinajstić information content (AvgIpc) is 2.83. The van der Waals surface area contributed by atoms with Crippen molar-refractivity contribution in [2.24, 2.45) is 0 Å².